The van der Waals surface area contributed by atoms with E-state index in [4.69, 9.17) is 10.5 Å². The first-order valence-electron chi connectivity index (χ1n) is 5.60. The van der Waals surface area contributed by atoms with Crippen molar-refractivity contribution in [1.29, 1.82) is 0 Å². The first kappa shape index (κ1) is 13.6. The van der Waals surface area contributed by atoms with E-state index in [0.717, 1.165) is 0 Å². The van der Waals surface area contributed by atoms with E-state index in [2.05, 4.69) is 0 Å². The molecule has 1 fully saturated rings. The number of carbonyl (C=O) groups is 1. The molecule has 1 saturated heterocycles. The second-order valence-electron chi connectivity index (χ2n) is 3.81. The van der Waals surface area contributed by atoms with Gasteiger partial charge in [-0.05, 0) is 19.9 Å². The number of nitrogens with two attached hydrogens (primary N) is 1. The van der Waals surface area contributed by atoms with E-state index in [0.29, 0.717) is 45.0 Å². The first-order chi connectivity index (χ1) is 7.66. The van der Waals surface area contributed by atoms with Gasteiger partial charge in [-0.3, -0.25) is 9.00 Å². The lowest BCUT2D eigenvalue weighted by Gasteiger charge is -2.28. The number of carbonyl (C=O) groups excluding carboxylic acids is 1. The normalized spacial score (nSPS) is 20.5. The van der Waals surface area contributed by atoms with Gasteiger partial charge in [-0.2, -0.15) is 0 Å². The van der Waals surface area contributed by atoms with Gasteiger partial charge in [-0.25, -0.2) is 0 Å². The van der Waals surface area contributed by atoms with Gasteiger partial charge >= 0.3 is 0 Å². The SMILES string of the molecule is CC(C(=O)N1CCOCC1)S(=O)CCCN. The molecule has 0 aliphatic carbocycles. The Morgan fingerprint density at radius 3 is 2.69 bits per heavy atom. The molecule has 94 valence electrons. The minimum atomic E-state index is -1.11. The average molecular weight is 248 g/mol. The van der Waals surface area contributed by atoms with Crippen LogP contribution in [0.2, 0.25) is 0 Å². The monoisotopic (exact) mass is 248 g/mol. The van der Waals surface area contributed by atoms with E-state index >= 15 is 0 Å². The van der Waals surface area contributed by atoms with Crippen LogP contribution < -0.4 is 5.73 Å². The number of amides is 1. The highest BCUT2D eigenvalue weighted by Crippen LogP contribution is 2.06. The largest absolute Gasteiger partial charge is 0.378 e. The molecular formula is C10H20N2O3S. The molecular weight excluding hydrogens is 228 g/mol. The van der Waals surface area contributed by atoms with E-state index < -0.39 is 16.0 Å². The Labute approximate surface area is 98.8 Å². The lowest BCUT2D eigenvalue weighted by molar-refractivity contribution is -0.134. The number of rotatable bonds is 5. The number of morpholine rings is 1. The van der Waals surface area contributed by atoms with Crippen LogP contribution in [-0.4, -0.2) is 58.9 Å². The second kappa shape index (κ2) is 6.98. The van der Waals surface area contributed by atoms with Crippen LogP contribution in [0.15, 0.2) is 0 Å². The molecule has 1 rings (SSSR count). The Morgan fingerprint density at radius 2 is 2.12 bits per heavy atom. The van der Waals surface area contributed by atoms with Gasteiger partial charge in [0.2, 0.25) is 5.91 Å². The molecule has 0 radical (unpaired) electrons. The molecule has 0 bridgehead atoms. The summed E-state index contributed by atoms with van der Waals surface area (Å²) in [7, 11) is -1.11. The second-order valence-corrected chi connectivity index (χ2v) is 5.68. The molecule has 1 amide bonds. The van der Waals surface area contributed by atoms with Crippen molar-refractivity contribution in [3.63, 3.8) is 0 Å². The third-order valence-corrected chi connectivity index (χ3v) is 4.30. The van der Waals surface area contributed by atoms with Crippen molar-refractivity contribution >= 4 is 16.7 Å². The zero-order valence-electron chi connectivity index (χ0n) is 9.68. The van der Waals surface area contributed by atoms with Crippen molar-refractivity contribution in [2.75, 3.05) is 38.6 Å². The van der Waals surface area contributed by atoms with Crippen LogP contribution in [0.25, 0.3) is 0 Å². The highest BCUT2D eigenvalue weighted by molar-refractivity contribution is 7.86. The van der Waals surface area contributed by atoms with Crippen LogP contribution in [0.1, 0.15) is 13.3 Å². The first-order valence-corrected chi connectivity index (χ1v) is 6.98. The zero-order chi connectivity index (χ0) is 12.0. The van der Waals surface area contributed by atoms with E-state index in [-0.39, 0.29) is 5.91 Å². The van der Waals surface area contributed by atoms with Gasteiger partial charge in [-0.1, -0.05) is 0 Å². The predicted octanol–water partition coefficient (Wildman–Crippen LogP) is -0.669. The van der Waals surface area contributed by atoms with Gasteiger partial charge in [0.05, 0.1) is 13.2 Å². The van der Waals surface area contributed by atoms with Crippen molar-refractivity contribution in [2.45, 2.75) is 18.6 Å². The molecule has 1 aliphatic heterocycles. The van der Waals surface area contributed by atoms with Crippen LogP contribution in [0.4, 0.5) is 0 Å². The minimum absolute atomic E-state index is 0.0290. The Morgan fingerprint density at radius 1 is 1.50 bits per heavy atom. The summed E-state index contributed by atoms with van der Waals surface area (Å²) < 4.78 is 16.9. The molecule has 16 heavy (non-hydrogen) atoms. The molecule has 0 aromatic rings. The van der Waals surface area contributed by atoms with Crippen LogP contribution in [-0.2, 0) is 20.3 Å². The van der Waals surface area contributed by atoms with Gasteiger partial charge < -0.3 is 15.4 Å². The van der Waals surface area contributed by atoms with Gasteiger partial charge in [0.25, 0.3) is 0 Å². The summed E-state index contributed by atoms with van der Waals surface area (Å²) in [5, 5.41) is -0.426. The summed E-state index contributed by atoms with van der Waals surface area (Å²) in [6, 6.07) is 0. The van der Waals surface area contributed by atoms with Crippen LogP contribution in [0, 0.1) is 0 Å². The highest BCUT2D eigenvalue weighted by atomic mass is 32.2. The van der Waals surface area contributed by atoms with Gasteiger partial charge in [0, 0.05) is 29.6 Å². The smallest absolute Gasteiger partial charge is 0.238 e. The number of hydrogen-bond acceptors (Lipinski definition) is 4. The van der Waals surface area contributed by atoms with Crippen molar-refractivity contribution in [3.8, 4) is 0 Å². The quantitative estimate of drug-likeness (QED) is 0.700. The van der Waals surface area contributed by atoms with Gasteiger partial charge in [-0.15, -0.1) is 0 Å². The Hall–Kier alpha value is -0.460. The van der Waals surface area contributed by atoms with Crippen molar-refractivity contribution in [2.24, 2.45) is 5.73 Å². The Balaban J connectivity index is 2.42. The Bertz CT molecular complexity index is 254. The highest BCUT2D eigenvalue weighted by Gasteiger charge is 2.26. The summed E-state index contributed by atoms with van der Waals surface area (Å²) in [6.45, 7) is 4.62. The molecule has 2 atom stereocenters. The summed E-state index contributed by atoms with van der Waals surface area (Å²) in [5.74, 6) is 0.479. The fourth-order valence-electron chi connectivity index (χ4n) is 1.56. The van der Waals surface area contributed by atoms with E-state index in [1.54, 1.807) is 11.8 Å². The van der Waals surface area contributed by atoms with Gasteiger partial charge in [0.1, 0.15) is 5.25 Å². The van der Waals surface area contributed by atoms with Crippen molar-refractivity contribution in [3.05, 3.63) is 0 Å². The minimum Gasteiger partial charge on any atom is -0.378 e. The average Bonchev–Trinajstić information content (AvgIpc) is 2.35. The van der Waals surface area contributed by atoms with Crippen molar-refractivity contribution < 1.29 is 13.7 Å². The molecule has 0 aromatic carbocycles. The molecule has 5 nitrogen and oxygen atoms in total. The topological polar surface area (TPSA) is 72.6 Å². The van der Waals surface area contributed by atoms with Crippen LogP contribution in [0.3, 0.4) is 0 Å². The maximum absolute atomic E-state index is 11.9. The summed E-state index contributed by atoms with van der Waals surface area (Å²) in [5.41, 5.74) is 5.35. The number of ether oxygens (including phenoxy) is 1. The zero-order valence-corrected chi connectivity index (χ0v) is 10.5. The van der Waals surface area contributed by atoms with E-state index in [1.807, 2.05) is 0 Å². The fraction of sp³-hybridized carbons (Fsp3) is 0.900. The molecule has 0 spiro atoms. The molecule has 2 N–H and O–H groups in total. The summed E-state index contributed by atoms with van der Waals surface area (Å²) in [6.07, 6.45) is 0.702. The lowest BCUT2D eigenvalue weighted by atomic mass is 10.3. The van der Waals surface area contributed by atoms with E-state index in [1.165, 1.54) is 0 Å². The van der Waals surface area contributed by atoms with E-state index in [9.17, 15) is 9.00 Å². The Kier molecular flexibility index (Phi) is 5.94. The molecule has 0 aromatic heterocycles. The molecule has 1 aliphatic rings. The summed E-state index contributed by atoms with van der Waals surface area (Å²) in [4.78, 5) is 13.7. The predicted molar refractivity (Wildman–Crippen MR) is 63.5 cm³/mol. The maximum Gasteiger partial charge on any atom is 0.238 e. The van der Waals surface area contributed by atoms with Crippen LogP contribution >= 0.6 is 0 Å². The maximum atomic E-state index is 11.9. The molecule has 2 unspecified atom stereocenters. The third-order valence-electron chi connectivity index (χ3n) is 2.61. The fourth-order valence-corrected chi connectivity index (χ4v) is 2.73. The van der Waals surface area contributed by atoms with Crippen molar-refractivity contribution in [1.82, 2.24) is 4.90 Å². The molecule has 6 heteroatoms. The molecule has 1 heterocycles. The van der Waals surface area contributed by atoms with Crippen LogP contribution in [0.5, 0.6) is 0 Å². The number of nitrogens with zero attached hydrogens (tertiary/aromatic N) is 1. The number of hydrogen-bond donors (Lipinski definition) is 1. The third kappa shape index (κ3) is 3.84. The lowest BCUT2D eigenvalue weighted by Crippen LogP contribution is -2.46. The standard InChI is InChI=1S/C10H20N2O3S/c1-9(16(14)8-2-3-11)10(13)12-4-6-15-7-5-12/h9H,2-8,11H2,1H3. The summed E-state index contributed by atoms with van der Waals surface area (Å²) >= 11 is 0. The van der Waals surface area contributed by atoms with Gasteiger partial charge in [0.15, 0.2) is 0 Å². The molecule has 0 saturated carbocycles.